The molecule has 1 amide bonds. The van der Waals surface area contributed by atoms with Gasteiger partial charge in [0.25, 0.3) is 0 Å². The van der Waals surface area contributed by atoms with Crippen LogP contribution in [0.5, 0.6) is 0 Å². The summed E-state index contributed by atoms with van der Waals surface area (Å²) in [6.45, 7) is 8.96. The molecule has 0 radical (unpaired) electrons. The Morgan fingerprint density at radius 2 is 2.18 bits per heavy atom. The van der Waals surface area contributed by atoms with Crippen LogP contribution in [0.25, 0.3) is 0 Å². The highest BCUT2D eigenvalue weighted by Gasteiger charge is 2.13. The number of anilines is 1. The summed E-state index contributed by atoms with van der Waals surface area (Å²) >= 11 is 1.45. The predicted molar refractivity (Wildman–Crippen MR) is 87.2 cm³/mol. The molecule has 0 unspecified atom stereocenters. The van der Waals surface area contributed by atoms with Crippen molar-refractivity contribution in [1.82, 2.24) is 14.7 Å². The molecule has 7 heteroatoms. The fourth-order valence-electron chi connectivity index (χ4n) is 2.05. The standard InChI is InChI=1S/C15H22N4O2S/c1-5-6-7-19-12(4)11(3)16-15(19)22-9-14(20)17-13-8-10(2)21-18-13/h8H,5-7,9H2,1-4H3,(H,17,18,20). The van der Waals surface area contributed by atoms with Crippen molar-refractivity contribution < 1.29 is 9.32 Å². The average Bonchev–Trinajstić information content (AvgIpc) is 3.00. The summed E-state index contributed by atoms with van der Waals surface area (Å²) in [4.78, 5) is 16.5. The Bertz CT molecular complexity index is 648. The van der Waals surface area contributed by atoms with Gasteiger partial charge in [-0.3, -0.25) is 4.79 Å². The van der Waals surface area contributed by atoms with Crippen LogP contribution in [-0.2, 0) is 11.3 Å². The first-order valence-electron chi connectivity index (χ1n) is 7.41. The monoisotopic (exact) mass is 322 g/mol. The Balaban J connectivity index is 1.95. The van der Waals surface area contributed by atoms with Crippen LogP contribution in [0.15, 0.2) is 15.7 Å². The second-order valence-electron chi connectivity index (χ2n) is 5.23. The van der Waals surface area contributed by atoms with E-state index in [2.05, 4.69) is 33.9 Å². The van der Waals surface area contributed by atoms with Gasteiger partial charge in [-0.05, 0) is 27.2 Å². The summed E-state index contributed by atoms with van der Waals surface area (Å²) in [6.07, 6.45) is 2.24. The summed E-state index contributed by atoms with van der Waals surface area (Å²) in [7, 11) is 0. The normalized spacial score (nSPS) is 10.9. The molecule has 0 saturated heterocycles. The minimum Gasteiger partial charge on any atom is -0.360 e. The van der Waals surface area contributed by atoms with Gasteiger partial charge in [0.2, 0.25) is 5.91 Å². The van der Waals surface area contributed by atoms with Gasteiger partial charge in [0, 0.05) is 18.3 Å². The molecule has 2 aromatic rings. The number of hydrogen-bond acceptors (Lipinski definition) is 5. The molecule has 0 bridgehead atoms. The van der Waals surface area contributed by atoms with Crippen molar-refractivity contribution >= 4 is 23.5 Å². The Labute approximate surface area is 134 Å². The van der Waals surface area contributed by atoms with Gasteiger partial charge in [0.15, 0.2) is 11.0 Å². The first-order chi connectivity index (χ1) is 10.5. The second-order valence-corrected chi connectivity index (χ2v) is 6.17. The van der Waals surface area contributed by atoms with Gasteiger partial charge in [-0.2, -0.15) is 0 Å². The van der Waals surface area contributed by atoms with Gasteiger partial charge in [0.1, 0.15) is 5.76 Å². The molecule has 0 saturated carbocycles. The number of aromatic nitrogens is 3. The molecule has 0 aliphatic heterocycles. The van der Waals surface area contributed by atoms with E-state index in [9.17, 15) is 4.79 Å². The molecular formula is C15H22N4O2S. The van der Waals surface area contributed by atoms with Crippen molar-refractivity contribution in [2.24, 2.45) is 0 Å². The van der Waals surface area contributed by atoms with Crippen molar-refractivity contribution in [1.29, 1.82) is 0 Å². The van der Waals surface area contributed by atoms with E-state index >= 15 is 0 Å². The Morgan fingerprint density at radius 3 is 2.82 bits per heavy atom. The first kappa shape index (κ1) is 16.6. The molecule has 0 aliphatic carbocycles. The smallest absolute Gasteiger partial charge is 0.236 e. The highest BCUT2D eigenvalue weighted by molar-refractivity contribution is 7.99. The maximum atomic E-state index is 12.0. The molecule has 2 rings (SSSR count). The number of hydrogen-bond donors (Lipinski definition) is 1. The van der Waals surface area contributed by atoms with Crippen LogP contribution in [0.1, 0.15) is 36.9 Å². The van der Waals surface area contributed by atoms with Crippen LogP contribution in [0, 0.1) is 20.8 Å². The summed E-state index contributed by atoms with van der Waals surface area (Å²) in [6, 6.07) is 1.69. The molecule has 120 valence electrons. The molecule has 0 spiro atoms. The van der Waals surface area contributed by atoms with Crippen molar-refractivity contribution in [3.05, 3.63) is 23.2 Å². The molecule has 0 fully saturated rings. The number of amides is 1. The molecule has 0 aliphatic rings. The molecular weight excluding hydrogens is 300 g/mol. The molecule has 0 aromatic carbocycles. The number of thioether (sulfide) groups is 1. The highest BCUT2D eigenvalue weighted by Crippen LogP contribution is 2.22. The number of aryl methyl sites for hydroxylation is 2. The van der Waals surface area contributed by atoms with Gasteiger partial charge < -0.3 is 14.4 Å². The van der Waals surface area contributed by atoms with Crippen molar-refractivity contribution in [3.63, 3.8) is 0 Å². The minimum atomic E-state index is -0.112. The molecule has 6 nitrogen and oxygen atoms in total. The third-order valence-corrected chi connectivity index (χ3v) is 4.36. The number of nitrogens with one attached hydrogen (secondary N) is 1. The Kier molecular flexibility index (Phi) is 5.65. The lowest BCUT2D eigenvalue weighted by atomic mass is 10.3. The zero-order valence-corrected chi connectivity index (χ0v) is 14.3. The number of unbranched alkanes of at least 4 members (excludes halogenated alkanes) is 1. The lowest BCUT2D eigenvalue weighted by Gasteiger charge is -2.08. The second kappa shape index (κ2) is 7.49. The van der Waals surface area contributed by atoms with Gasteiger partial charge in [-0.15, -0.1) is 0 Å². The van der Waals surface area contributed by atoms with E-state index in [1.54, 1.807) is 13.0 Å². The van der Waals surface area contributed by atoms with E-state index in [1.165, 1.54) is 17.5 Å². The van der Waals surface area contributed by atoms with E-state index < -0.39 is 0 Å². The van der Waals surface area contributed by atoms with Crippen LogP contribution >= 0.6 is 11.8 Å². The number of nitrogens with zero attached hydrogens (tertiary/aromatic N) is 3. The number of rotatable bonds is 7. The zero-order valence-electron chi connectivity index (χ0n) is 13.5. The summed E-state index contributed by atoms with van der Waals surface area (Å²) in [5, 5.41) is 7.36. The number of carbonyl (C=O) groups is 1. The Hall–Kier alpha value is -1.76. The van der Waals surface area contributed by atoms with E-state index in [-0.39, 0.29) is 5.91 Å². The third kappa shape index (κ3) is 4.13. The lowest BCUT2D eigenvalue weighted by Crippen LogP contribution is -2.15. The molecule has 1 N–H and O–H groups in total. The highest BCUT2D eigenvalue weighted by atomic mass is 32.2. The third-order valence-electron chi connectivity index (χ3n) is 3.39. The maximum Gasteiger partial charge on any atom is 0.236 e. The SMILES string of the molecule is CCCCn1c(SCC(=O)Nc2cc(C)on2)nc(C)c1C. The van der Waals surface area contributed by atoms with Crippen molar-refractivity contribution in [3.8, 4) is 0 Å². The summed E-state index contributed by atoms with van der Waals surface area (Å²) < 4.78 is 7.11. The maximum absolute atomic E-state index is 12.0. The van der Waals surface area contributed by atoms with E-state index in [0.717, 1.165) is 30.2 Å². The number of imidazole rings is 1. The zero-order chi connectivity index (χ0) is 16.1. The van der Waals surface area contributed by atoms with Crippen LogP contribution in [0.2, 0.25) is 0 Å². The molecule has 2 heterocycles. The number of carbonyl (C=O) groups excluding carboxylic acids is 1. The molecule has 0 atom stereocenters. The predicted octanol–water partition coefficient (Wildman–Crippen LogP) is 3.33. The van der Waals surface area contributed by atoms with Crippen LogP contribution < -0.4 is 5.32 Å². The van der Waals surface area contributed by atoms with Gasteiger partial charge in [-0.1, -0.05) is 30.3 Å². The topological polar surface area (TPSA) is 73.0 Å². The van der Waals surface area contributed by atoms with Crippen molar-refractivity contribution in [2.75, 3.05) is 11.1 Å². The van der Waals surface area contributed by atoms with Crippen LogP contribution in [0.3, 0.4) is 0 Å². The van der Waals surface area contributed by atoms with E-state index in [4.69, 9.17) is 4.52 Å². The van der Waals surface area contributed by atoms with E-state index in [0.29, 0.717) is 17.3 Å². The first-order valence-corrected chi connectivity index (χ1v) is 8.39. The van der Waals surface area contributed by atoms with Gasteiger partial charge in [-0.25, -0.2) is 4.98 Å². The molecule has 2 aromatic heterocycles. The quantitative estimate of drug-likeness (QED) is 0.792. The summed E-state index contributed by atoms with van der Waals surface area (Å²) in [5.41, 5.74) is 2.19. The van der Waals surface area contributed by atoms with Gasteiger partial charge >= 0.3 is 0 Å². The fourth-order valence-corrected chi connectivity index (χ4v) is 2.97. The van der Waals surface area contributed by atoms with E-state index in [1.807, 2.05) is 6.92 Å². The average molecular weight is 322 g/mol. The Morgan fingerprint density at radius 1 is 1.41 bits per heavy atom. The van der Waals surface area contributed by atoms with Gasteiger partial charge in [0.05, 0.1) is 11.4 Å². The van der Waals surface area contributed by atoms with Crippen molar-refractivity contribution in [2.45, 2.75) is 52.2 Å². The molecule has 22 heavy (non-hydrogen) atoms. The fraction of sp³-hybridized carbons (Fsp3) is 0.533. The van der Waals surface area contributed by atoms with Crippen LogP contribution in [0.4, 0.5) is 5.82 Å². The lowest BCUT2D eigenvalue weighted by molar-refractivity contribution is -0.113. The summed E-state index contributed by atoms with van der Waals surface area (Å²) in [5.74, 6) is 1.31. The largest absolute Gasteiger partial charge is 0.360 e. The minimum absolute atomic E-state index is 0.112. The van der Waals surface area contributed by atoms with Crippen LogP contribution in [-0.4, -0.2) is 26.4 Å².